The van der Waals surface area contributed by atoms with Crippen molar-refractivity contribution >= 4 is 21.4 Å². The third-order valence-corrected chi connectivity index (χ3v) is 3.70. The Hall–Kier alpha value is -2.02. The molecule has 1 heterocycles. The summed E-state index contributed by atoms with van der Waals surface area (Å²) >= 11 is 0. The molecule has 0 aliphatic rings. The minimum absolute atomic E-state index is 0.252. The molecule has 0 fully saturated rings. The number of hydrogen-bond donors (Lipinski definition) is 2. The number of rotatable bonds is 4. The van der Waals surface area contributed by atoms with E-state index >= 15 is 0 Å². The van der Waals surface area contributed by atoms with Crippen LogP contribution in [0.2, 0.25) is 0 Å². The molecule has 2 aromatic rings. The number of aryl methyl sites for hydroxylation is 2. The maximum atomic E-state index is 12.0. The second-order valence-corrected chi connectivity index (χ2v) is 6.10. The van der Waals surface area contributed by atoms with Gasteiger partial charge in [-0.05, 0) is 31.5 Å². The van der Waals surface area contributed by atoms with Gasteiger partial charge >= 0.3 is 0 Å². The first kappa shape index (κ1) is 13.4. The number of nitrogens with zero attached hydrogens (tertiary/aromatic N) is 1. The largest absolute Gasteiger partial charge is 0.397 e. The lowest BCUT2D eigenvalue weighted by molar-refractivity contribution is 0.392. The number of anilines is 2. The van der Waals surface area contributed by atoms with Crippen LogP contribution in [0, 0.1) is 13.8 Å². The maximum Gasteiger partial charge on any atom is 0.238 e. The average molecular weight is 281 g/mol. The van der Waals surface area contributed by atoms with E-state index in [0.717, 1.165) is 5.56 Å². The van der Waals surface area contributed by atoms with Crippen LogP contribution in [-0.2, 0) is 15.8 Å². The second-order valence-electron chi connectivity index (χ2n) is 4.38. The molecule has 0 spiro atoms. The molecule has 7 heteroatoms. The molecule has 0 aliphatic heterocycles. The van der Waals surface area contributed by atoms with Crippen molar-refractivity contribution in [3.05, 3.63) is 41.3 Å². The predicted molar refractivity (Wildman–Crippen MR) is 73.1 cm³/mol. The molecule has 19 heavy (non-hydrogen) atoms. The van der Waals surface area contributed by atoms with Crippen LogP contribution in [-0.4, -0.2) is 13.6 Å². The summed E-state index contributed by atoms with van der Waals surface area (Å²) in [4.78, 5) is 0. The minimum atomic E-state index is -3.57. The molecule has 0 saturated carbocycles. The number of sulfonamides is 1. The summed E-state index contributed by atoms with van der Waals surface area (Å²) in [6.45, 7) is 3.56. The molecule has 0 atom stereocenters. The number of aromatic nitrogens is 1. The molecule has 3 N–H and O–H groups in total. The van der Waals surface area contributed by atoms with Crippen LogP contribution in [0.5, 0.6) is 0 Å². The van der Waals surface area contributed by atoms with Gasteiger partial charge in [-0.15, -0.1) is 0 Å². The van der Waals surface area contributed by atoms with Crippen molar-refractivity contribution in [3.63, 3.8) is 0 Å². The molecule has 0 saturated heterocycles. The van der Waals surface area contributed by atoms with Crippen molar-refractivity contribution in [1.82, 2.24) is 5.16 Å². The highest BCUT2D eigenvalue weighted by molar-refractivity contribution is 7.91. The van der Waals surface area contributed by atoms with E-state index in [1.54, 1.807) is 25.1 Å². The summed E-state index contributed by atoms with van der Waals surface area (Å²) in [5.41, 5.74) is 7.77. The first-order valence-electron chi connectivity index (χ1n) is 5.64. The Bertz CT molecular complexity index is 692. The maximum absolute atomic E-state index is 12.0. The fourth-order valence-electron chi connectivity index (χ4n) is 1.64. The standard InChI is InChI=1S/C12H15N3O3S/c1-8-3-4-11(13)12(5-8)15-19(16,17)7-10-6-9(2)18-14-10/h3-6,15H,7,13H2,1-2H3. The van der Waals surface area contributed by atoms with E-state index in [1.165, 1.54) is 0 Å². The van der Waals surface area contributed by atoms with E-state index in [4.69, 9.17) is 10.3 Å². The van der Waals surface area contributed by atoms with E-state index in [1.807, 2.05) is 13.0 Å². The minimum Gasteiger partial charge on any atom is -0.397 e. The Labute approximate surface area is 111 Å². The molecule has 1 aromatic heterocycles. The van der Waals surface area contributed by atoms with Gasteiger partial charge < -0.3 is 10.3 Å². The van der Waals surface area contributed by atoms with E-state index in [2.05, 4.69) is 9.88 Å². The van der Waals surface area contributed by atoms with Gasteiger partial charge in [0.1, 0.15) is 17.2 Å². The number of nitrogen functional groups attached to an aromatic ring is 1. The van der Waals surface area contributed by atoms with Crippen LogP contribution < -0.4 is 10.5 Å². The molecular formula is C12H15N3O3S. The van der Waals surface area contributed by atoms with Crippen LogP contribution in [0.15, 0.2) is 28.8 Å². The highest BCUT2D eigenvalue weighted by atomic mass is 32.2. The van der Waals surface area contributed by atoms with Gasteiger partial charge in [0.05, 0.1) is 11.4 Å². The van der Waals surface area contributed by atoms with E-state index < -0.39 is 10.0 Å². The SMILES string of the molecule is Cc1ccc(N)c(NS(=O)(=O)Cc2cc(C)on2)c1. The number of benzene rings is 1. The van der Waals surface area contributed by atoms with E-state index in [9.17, 15) is 8.42 Å². The molecule has 0 radical (unpaired) electrons. The number of nitrogens with two attached hydrogens (primary N) is 1. The molecule has 0 amide bonds. The Morgan fingerprint density at radius 3 is 2.68 bits per heavy atom. The van der Waals surface area contributed by atoms with Gasteiger partial charge in [0, 0.05) is 6.07 Å². The van der Waals surface area contributed by atoms with Gasteiger partial charge in [-0.25, -0.2) is 8.42 Å². The van der Waals surface area contributed by atoms with Crippen molar-refractivity contribution in [3.8, 4) is 0 Å². The van der Waals surface area contributed by atoms with Crippen LogP contribution in [0.3, 0.4) is 0 Å². The molecular weight excluding hydrogens is 266 g/mol. The highest BCUT2D eigenvalue weighted by Crippen LogP contribution is 2.21. The smallest absolute Gasteiger partial charge is 0.238 e. The lowest BCUT2D eigenvalue weighted by atomic mass is 10.2. The third-order valence-electron chi connectivity index (χ3n) is 2.49. The summed E-state index contributed by atoms with van der Waals surface area (Å²) in [6.07, 6.45) is 0. The lowest BCUT2D eigenvalue weighted by Gasteiger charge is -2.10. The van der Waals surface area contributed by atoms with Gasteiger partial charge in [-0.1, -0.05) is 11.2 Å². The fraction of sp³-hybridized carbons (Fsp3) is 0.250. The van der Waals surface area contributed by atoms with Crippen molar-refractivity contribution in [2.75, 3.05) is 10.5 Å². The number of nitrogens with one attached hydrogen (secondary N) is 1. The van der Waals surface area contributed by atoms with E-state index in [-0.39, 0.29) is 5.75 Å². The Morgan fingerprint density at radius 2 is 2.05 bits per heavy atom. The summed E-state index contributed by atoms with van der Waals surface area (Å²) in [5.74, 6) is 0.317. The Kier molecular flexibility index (Phi) is 3.48. The molecule has 2 rings (SSSR count). The summed E-state index contributed by atoms with van der Waals surface area (Å²) in [7, 11) is -3.57. The van der Waals surface area contributed by atoms with Gasteiger partial charge in [0.25, 0.3) is 0 Å². The number of hydrogen-bond acceptors (Lipinski definition) is 5. The van der Waals surface area contributed by atoms with Crippen molar-refractivity contribution in [1.29, 1.82) is 0 Å². The highest BCUT2D eigenvalue weighted by Gasteiger charge is 2.16. The lowest BCUT2D eigenvalue weighted by Crippen LogP contribution is -2.16. The first-order chi connectivity index (χ1) is 8.85. The second kappa shape index (κ2) is 4.93. The summed E-state index contributed by atoms with van der Waals surface area (Å²) < 4.78 is 31.3. The molecule has 0 unspecified atom stereocenters. The zero-order valence-corrected chi connectivity index (χ0v) is 11.5. The summed E-state index contributed by atoms with van der Waals surface area (Å²) in [5, 5.41) is 3.66. The van der Waals surface area contributed by atoms with Crippen LogP contribution >= 0.6 is 0 Å². The van der Waals surface area contributed by atoms with Gasteiger partial charge in [-0.2, -0.15) is 0 Å². The molecule has 0 aliphatic carbocycles. The van der Waals surface area contributed by atoms with Crippen molar-refractivity contribution in [2.24, 2.45) is 0 Å². The van der Waals surface area contributed by atoms with Gasteiger partial charge in [-0.3, -0.25) is 4.72 Å². The Morgan fingerprint density at radius 1 is 1.32 bits per heavy atom. The zero-order valence-electron chi connectivity index (χ0n) is 10.7. The quantitative estimate of drug-likeness (QED) is 0.833. The van der Waals surface area contributed by atoms with E-state index in [0.29, 0.717) is 22.8 Å². The topological polar surface area (TPSA) is 98.2 Å². The van der Waals surface area contributed by atoms with Gasteiger partial charge in [0.15, 0.2) is 0 Å². The molecule has 0 bridgehead atoms. The van der Waals surface area contributed by atoms with Gasteiger partial charge in [0.2, 0.25) is 10.0 Å². The average Bonchev–Trinajstić information content (AvgIpc) is 2.68. The molecule has 102 valence electrons. The fourth-order valence-corrected chi connectivity index (χ4v) is 2.75. The van der Waals surface area contributed by atoms with Crippen molar-refractivity contribution in [2.45, 2.75) is 19.6 Å². The van der Waals surface area contributed by atoms with Crippen LogP contribution in [0.4, 0.5) is 11.4 Å². The molecule has 1 aromatic carbocycles. The third kappa shape index (κ3) is 3.47. The summed E-state index contributed by atoms with van der Waals surface area (Å²) in [6, 6.07) is 6.74. The van der Waals surface area contributed by atoms with Crippen LogP contribution in [0.25, 0.3) is 0 Å². The molecule has 6 nitrogen and oxygen atoms in total. The van der Waals surface area contributed by atoms with Crippen LogP contribution in [0.1, 0.15) is 17.0 Å². The zero-order chi connectivity index (χ0) is 14.0. The Balaban J connectivity index is 2.19. The first-order valence-corrected chi connectivity index (χ1v) is 7.30. The monoisotopic (exact) mass is 281 g/mol. The predicted octanol–water partition coefficient (Wildman–Crippen LogP) is 1.82. The van der Waals surface area contributed by atoms with Crippen molar-refractivity contribution < 1.29 is 12.9 Å². The normalized spacial score (nSPS) is 11.5.